The van der Waals surface area contributed by atoms with Gasteiger partial charge in [0.05, 0.1) is 11.5 Å². The van der Waals surface area contributed by atoms with Crippen molar-refractivity contribution in [3.8, 4) is 0 Å². The summed E-state index contributed by atoms with van der Waals surface area (Å²) in [5.41, 5.74) is 0.482. The maximum Gasteiger partial charge on any atom is 0.288 e. The number of amides is 1. The maximum absolute atomic E-state index is 12.5. The van der Waals surface area contributed by atoms with Gasteiger partial charge in [-0.2, -0.15) is 8.78 Å². The van der Waals surface area contributed by atoms with Gasteiger partial charge in [-0.25, -0.2) is 8.42 Å². The number of piperazine rings is 1. The van der Waals surface area contributed by atoms with Crippen LogP contribution in [0.5, 0.6) is 0 Å². The van der Waals surface area contributed by atoms with Gasteiger partial charge < -0.3 is 4.90 Å². The van der Waals surface area contributed by atoms with Crippen molar-refractivity contribution >= 4 is 27.5 Å². The molecule has 2 aliphatic rings. The van der Waals surface area contributed by atoms with E-state index in [0.29, 0.717) is 54.8 Å². The highest BCUT2D eigenvalue weighted by Gasteiger charge is 2.34. The summed E-state index contributed by atoms with van der Waals surface area (Å²) in [6.07, 6.45) is 0.666. The van der Waals surface area contributed by atoms with Crippen LogP contribution in [-0.2, 0) is 9.84 Å². The first-order valence-electron chi connectivity index (χ1n) is 8.13. The van der Waals surface area contributed by atoms with Gasteiger partial charge in [0, 0.05) is 42.7 Å². The third-order valence-electron chi connectivity index (χ3n) is 4.65. The van der Waals surface area contributed by atoms with Crippen molar-refractivity contribution in [1.82, 2.24) is 9.80 Å². The number of hydrogen-bond acceptors (Lipinski definition) is 5. The molecule has 1 unspecified atom stereocenters. The number of nitrogens with zero attached hydrogens (tertiary/aromatic N) is 2. The molecular weight excluding hydrogens is 370 g/mol. The molecule has 1 aromatic carbocycles. The van der Waals surface area contributed by atoms with Crippen LogP contribution < -0.4 is 0 Å². The summed E-state index contributed by atoms with van der Waals surface area (Å²) in [5, 5.41) is 0. The molecule has 25 heavy (non-hydrogen) atoms. The molecule has 0 saturated carbocycles. The molecule has 0 aromatic heterocycles. The Morgan fingerprint density at radius 3 is 2.28 bits per heavy atom. The predicted molar refractivity (Wildman–Crippen MR) is 92.8 cm³/mol. The Balaban J connectivity index is 1.54. The van der Waals surface area contributed by atoms with E-state index in [9.17, 15) is 22.0 Å². The average molecular weight is 390 g/mol. The molecule has 3 rings (SSSR count). The van der Waals surface area contributed by atoms with E-state index in [2.05, 4.69) is 4.90 Å². The minimum absolute atomic E-state index is 0.0629. The monoisotopic (exact) mass is 390 g/mol. The van der Waals surface area contributed by atoms with E-state index >= 15 is 0 Å². The van der Waals surface area contributed by atoms with Crippen LogP contribution in [0, 0.1) is 0 Å². The predicted octanol–water partition coefficient (Wildman–Crippen LogP) is 1.95. The van der Waals surface area contributed by atoms with E-state index in [1.165, 1.54) is 12.1 Å². The molecule has 2 fully saturated rings. The highest BCUT2D eigenvalue weighted by atomic mass is 32.2. The van der Waals surface area contributed by atoms with Crippen molar-refractivity contribution in [2.75, 3.05) is 37.7 Å². The highest BCUT2D eigenvalue weighted by molar-refractivity contribution is 7.99. The standard InChI is InChI=1S/C16H20F2N2O3S2/c17-16(18)24-14-3-1-12(2-4-14)15(21)20-8-6-19(7-9-20)13-5-10-25(22,23)11-13/h1-4,13,16H,5-11H2. The lowest BCUT2D eigenvalue weighted by molar-refractivity contribution is 0.0588. The normalized spacial score (nSPS) is 24.0. The van der Waals surface area contributed by atoms with Gasteiger partial charge in [-0.1, -0.05) is 11.8 Å². The topological polar surface area (TPSA) is 57.7 Å². The molecule has 9 heteroatoms. The number of rotatable bonds is 4. The fraction of sp³-hybridized carbons (Fsp3) is 0.562. The smallest absolute Gasteiger partial charge is 0.288 e. The zero-order valence-electron chi connectivity index (χ0n) is 13.6. The zero-order valence-corrected chi connectivity index (χ0v) is 15.2. The molecule has 2 aliphatic heterocycles. The summed E-state index contributed by atoms with van der Waals surface area (Å²) in [6.45, 7) is 2.41. The van der Waals surface area contributed by atoms with Crippen LogP contribution in [0.1, 0.15) is 16.8 Å². The molecule has 0 radical (unpaired) electrons. The van der Waals surface area contributed by atoms with Gasteiger partial charge in [-0.05, 0) is 30.7 Å². The molecule has 0 N–H and O–H groups in total. The number of benzene rings is 1. The van der Waals surface area contributed by atoms with Gasteiger partial charge in [0.25, 0.3) is 11.7 Å². The van der Waals surface area contributed by atoms with Crippen molar-refractivity contribution in [3.05, 3.63) is 29.8 Å². The van der Waals surface area contributed by atoms with Gasteiger partial charge in [-0.3, -0.25) is 9.69 Å². The minimum Gasteiger partial charge on any atom is -0.336 e. The van der Waals surface area contributed by atoms with E-state index in [1.807, 2.05) is 0 Å². The fourth-order valence-corrected chi connectivity index (χ4v) is 5.58. The number of thioether (sulfide) groups is 1. The Labute approximate surface area is 150 Å². The Bertz CT molecular complexity index is 717. The van der Waals surface area contributed by atoms with E-state index in [1.54, 1.807) is 17.0 Å². The Hall–Kier alpha value is -1.19. The van der Waals surface area contributed by atoms with E-state index in [0.717, 1.165) is 0 Å². The quantitative estimate of drug-likeness (QED) is 0.736. The first kappa shape index (κ1) is 18.6. The van der Waals surface area contributed by atoms with Crippen molar-refractivity contribution in [1.29, 1.82) is 0 Å². The molecule has 1 amide bonds. The van der Waals surface area contributed by atoms with Crippen molar-refractivity contribution in [3.63, 3.8) is 0 Å². The van der Waals surface area contributed by atoms with Gasteiger partial charge >= 0.3 is 0 Å². The number of alkyl halides is 2. The number of sulfone groups is 1. The Morgan fingerprint density at radius 1 is 1.12 bits per heavy atom. The summed E-state index contributed by atoms with van der Waals surface area (Å²) in [7, 11) is -2.91. The van der Waals surface area contributed by atoms with Crippen molar-refractivity contribution in [2.45, 2.75) is 23.1 Å². The van der Waals surface area contributed by atoms with Crippen molar-refractivity contribution in [2.24, 2.45) is 0 Å². The van der Waals surface area contributed by atoms with Crippen LogP contribution in [0.15, 0.2) is 29.2 Å². The van der Waals surface area contributed by atoms with Crippen LogP contribution >= 0.6 is 11.8 Å². The first-order valence-corrected chi connectivity index (χ1v) is 10.8. The summed E-state index contributed by atoms with van der Waals surface area (Å²) < 4.78 is 47.8. The largest absolute Gasteiger partial charge is 0.336 e. The first-order chi connectivity index (χ1) is 11.8. The molecule has 1 aromatic rings. The van der Waals surface area contributed by atoms with E-state index in [-0.39, 0.29) is 23.5 Å². The Morgan fingerprint density at radius 2 is 1.76 bits per heavy atom. The van der Waals surface area contributed by atoms with Crippen LogP contribution in [0.4, 0.5) is 8.78 Å². The van der Waals surface area contributed by atoms with Crippen LogP contribution in [0.3, 0.4) is 0 Å². The molecule has 1 atom stereocenters. The number of carbonyl (C=O) groups is 1. The average Bonchev–Trinajstić information content (AvgIpc) is 2.94. The van der Waals surface area contributed by atoms with Gasteiger partial charge in [0.1, 0.15) is 0 Å². The maximum atomic E-state index is 12.5. The van der Waals surface area contributed by atoms with E-state index in [4.69, 9.17) is 0 Å². The number of carbonyl (C=O) groups excluding carboxylic acids is 1. The third-order valence-corrected chi connectivity index (χ3v) is 7.13. The number of halogens is 2. The lowest BCUT2D eigenvalue weighted by atomic mass is 10.1. The second-order valence-electron chi connectivity index (χ2n) is 6.29. The summed E-state index contributed by atoms with van der Waals surface area (Å²) in [5.74, 6) is -2.13. The molecule has 0 aliphatic carbocycles. The van der Waals surface area contributed by atoms with Gasteiger partial charge in [0.2, 0.25) is 0 Å². The minimum atomic E-state index is -2.91. The lowest BCUT2D eigenvalue weighted by Crippen LogP contribution is -2.52. The van der Waals surface area contributed by atoms with Gasteiger partial charge in [-0.15, -0.1) is 0 Å². The molecule has 2 heterocycles. The molecule has 5 nitrogen and oxygen atoms in total. The highest BCUT2D eigenvalue weighted by Crippen LogP contribution is 2.25. The lowest BCUT2D eigenvalue weighted by Gasteiger charge is -2.37. The summed E-state index contributed by atoms with van der Waals surface area (Å²) in [6, 6.07) is 6.27. The summed E-state index contributed by atoms with van der Waals surface area (Å²) >= 11 is 0.455. The molecule has 0 spiro atoms. The second-order valence-corrected chi connectivity index (χ2v) is 9.58. The van der Waals surface area contributed by atoms with Crippen LogP contribution in [0.25, 0.3) is 0 Å². The zero-order chi connectivity index (χ0) is 18.0. The summed E-state index contributed by atoms with van der Waals surface area (Å²) in [4.78, 5) is 16.8. The molecule has 0 bridgehead atoms. The number of hydrogen-bond donors (Lipinski definition) is 0. The molecule has 138 valence electrons. The second kappa shape index (κ2) is 7.59. The van der Waals surface area contributed by atoms with Crippen molar-refractivity contribution < 1.29 is 22.0 Å². The fourth-order valence-electron chi connectivity index (χ4n) is 3.32. The Kier molecular flexibility index (Phi) is 5.65. The molecular formula is C16H20F2N2O3S2. The van der Waals surface area contributed by atoms with Crippen LogP contribution in [-0.4, -0.2) is 73.6 Å². The third kappa shape index (κ3) is 4.71. The molecule has 2 saturated heterocycles. The SMILES string of the molecule is O=C(c1ccc(SC(F)F)cc1)N1CCN(C2CCS(=O)(=O)C2)CC1. The van der Waals surface area contributed by atoms with E-state index < -0.39 is 15.6 Å². The van der Waals surface area contributed by atoms with Gasteiger partial charge in [0.15, 0.2) is 9.84 Å². The van der Waals surface area contributed by atoms with Crippen LogP contribution in [0.2, 0.25) is 0 Å².